The van der Waals surface area contributed by atoms with Gasteiger partial charge in [-0.3, -0.25) is 19.2 Å². The number of fused-ring (bicyclic) bond motifs is 12. The van der Waals surface area contributed by atoms with Crippen LogP contribution in [0.25, 0.3) is 0 Å². The number of sulfone groups is 4. The van der Waals surface area contributed by atoms with Crippen LogP contribution in [0.3, 0.4) is 0 Å². The minimum Gasteiger partial charge on any atom is -0.466 e. The van der Waals surface area contributed by atoms with Gasteiger partial charge in [0.05, 0.1) is 69.7 Å². The first kappa shape index (κ1) is 87.9. The third-order valence-corrected chi connectivity index (χ3v) is 38.4. The van der Waals surface area contributed by atoms with Crippen molar-refractivity contribution in [3.63, 3.8) is 0 Å². The van der Waals surface area contributed by atoms with Crippen LogP contribution >= 0.6 is 90.4 Å². The van der Waals surface area contributed by atoms with Crippen LogP contribution in [0.4, 0.5) is 17.6 Å². The molecule has 0 aromatic heterocycles. The Balaban J connectivity index is 0.000000135. The number of carbonyl (C=O) groups excluding carboxylic acids is 4. The molecule has 0 spiro atoms. The van der Waals surface area contributed by atoms with Crippen molar-refractivity contribution < 1.29 is 89.4 Å². The maximum Gasteiger partial charge on any atom is 0.309 e. The first-order chi connectivity index (χ1) is 55.2. The van der Waals surface area contributed by atoms with Crippen LogP contribution in [0, 0.1) is 84.9 Å². The van der Waals surface area contributed by atoms with E-state index in [9.17, 15) is 70.4 Å². The number of carbonyl (C=O) groups is 4. The van der Waals surface area contributed by atoms with E-state index in [1.54, 1.807) is 27.7 Å². The lowest BCUT2D eigenvalue weighted by Gasteiger charge is -2.42. The monoisotopic (exact) mass is 2110 g/mol. The molecule has 8 aromatic carbocycles. The molecule has 0 unspecified atom stereocenters. The van der Waals surface area contributed by atoms with Gasteiger partial charge in [0.25, 0.3) is 0 Å². The zero-order valence-electron chi connectivity index (χ0n) is 64.1. The molecular weight excluding hydrogens is 2020 g/mol. The summed E-state index contributed by atoms with van der Waals surface area (Å²) in [6.07, 6.45) is 8.64. The molecule has 4 saturated carbocycles. The molecule has 0 radical (unpaired) electrons. The van der Waals surface area contributed by atoms with Crippen molar-refractivity contribution in [2.45, 2.75) is 169 Å². The molecule has 8 aromatic rings. The van der Waals surface area contributed by atoms with E-state index in [1.165, 1.54) is 97.1 Å². The van der Waals surface area contributed by atoms with Gasteiger partial charge in [0.2, 0.25) is 0 Å². The molecule has 16 nitrogen and oxygen atoms in total. The number of hydrogen-bond donors (Lipinski definition) is 0. The normalized spacial score (nSPS) is 25.9. The molecule has 0 amide bonds. The van der Waals surface area contributed by atoms with Crippen molar-refractivity contribution in [1.29, 1.82) is 0 Å². The van der Waals surface area contributed by atoms with Gasteiger partial charge in [0.1, 0.15) is 42.3 Å². The average molecular weight is 2110 g/mol. The van der Waals surface area contributed by atoms with Crippen molar-refractivity contribution >= 4 is 154 Å². The second-order valence-electron chi connectivity index (χ2n) is 30.8. The summed E-state index contributed by atoms with van der Waals surface area (Å²) in [5.74, 6) is -6.40. The molecular formula is C88H88F4I4O16S4. The SMILES string of the molecule is CCOC(=O)[C@@H]1CC[C@@]2(S(=O)(=O)c3ccc(F)cc3)c3ccc(I)cc3CC[C@@H]12.CCOC(=O)[C@@H]1CC[C@]2(S(=O)(=O)c3ccc(F)cc3)c3ccc(I)cc3CC[C@H]12.CCOC(=O)[C@H]1CC[C@@]2(S(=O)(=O)c3ccc(F)cc3)c3ccc(I)cc3CC[C@@H]12.CCOC(=O)[C@H]1CC[C@]2(S(=O)(=O)c3ccc(F)cc3)c3ccc(I)cc3CC[C@H]12. The predicted molar refractivity (Wildman–Crippen MR) is 462 cm³/mol. The Kier molecular flexibility index (Phi) is 26.7. The third kappa shape index (κ3) is 15.6. The van der Waals surface area contributed by atoms with Crippen molar-refractivity contribution in [2.24, 2.45) is 47.3 Å². The summed E-state index contributed by atoms with van der Waals surface area (Å²) >= 11 is 8.91. The molecule has 116 heavy (non-hydrogen) atoms. The molecule has 4 fully saturated rings. The topological polar surface area (TPSA) is 242 Å². The number of halogens is 8. The summed E-state index contributed by atoms with van der Waals surface area (Å²) in [5.41, 5.74) is 7.20. The lowest BCUT2D eigenvalue weighted by Crippen LogP contribution is -2.45. The fraction of sp³-hybridized carbons (Fsp3) is 0.409. The van der Waals surface area contributed by atoms with E-state index in [0.29, 0.717) is 77.0 Å². The van der Waals surface area contributed by atoms with Crippen LogP contribution in [0.1, 0.15) is 149 Å². The summed E-state index contributed by atoms with van der Waals surface area (Å²) in [6.45, 7) is 8.12. The van der Waals surface area contributed by atoms with E-state index >= 15 is 0 Å². The maximum absolute atomic E-state index is 14.0. The molecule has 0 saturated heterocycles. The van der Waals surface area contributed by atoms with E-state index in [0.717, 1.165) is 84.5 Å². The lowest BCUT2D eigenvalue weighted by molar-refractivity contribution is -0.150. The van der Waals surface area contributed by atoms with Gasteiger partial charge in [-0.25, -0.2) is 51.2 Å². The van der Waals surface area contributed by atoms with E-state index in [2.05, 4.69) is 90.4 Å². The zero-order valence-corrected chi connectivity index (χ0v) is 76.0. The minimum atomic E-state index is -3.86. The fourth-order valence-electron chi connectivity index (χ4n) is 20.7. The Morgan fingerprint density at radius 1 is 0.302 bits per heavy atom. The third-order valence-electron chi connectivity index (χ3n) is 25.4. The first-order valence-electron chi connectivity index (χ1n) is 39.1. The van der Waals surface area contributed by atoms with Gasteiger partial charge in [-0.1, -0.05) is 24.3 Å². The molecule has 8 aliphatic rings. The Hall–Kier alpha value is -5.92. The number of ether oxygens (including phenoxy) is 4. The minimum absolute atomic E-state index is 0.0970. The van der Waals surface area contributed by atoms with E-state index in [1.807, 2.05) is 72.8 Å². The van der Waals surface area contributed by atoms with Gasteiger partial charge in [0.15, 0.2) is 39.3 Å². The quantitative estimate of drug-likeness (QED) is 0.0287. The van der Waals surface area contributed by atoms with Crippen LogP contribution in [0.15, 0.2) is 189 Å². The van der Waals surface area contributed by atoms with E-state index in [-0.39, 0.29) is 93.6 Å². The summed E-state index contributed by atoms with van der Waals surface area (Å²) in [4.78, 5) is 51.0. The molecule has 8 aliphatic carbocycles. The van der Waals surface area contributed by atoms with Gasteiger partial charge < -0.3 is 18.9 Å². The van der Waals surface area contributed by atoms with Crippen molar-refractivity contribution in [1.82, 2.24) is 0 Å². The fourth-order valence-corrected chi connectivity index (χ4v) is 32.8. The lowest BCUT2D eigenvalue weighted by atomic mass is 9.73. The van der Waals surface area contributed by atoms with Crippen molar-refractivity contribution in [3.8, 4) is 0 Å². The van der Waals surface area contributed by atoms with Gasteiger partial charge in [-0.15, -0.1) is 0 Å². The Bertz CT molecular complexity index is 4890. The smallest absolute Gasteiger partial charge is 0.309 e. The second kappa shape index (κ2) is 35.3. The average Bonchev–Trinajstić information content (AvgIpc) is 1.50. The molecule has 0 N–H and O–H groups in total. The van der Waals surface area contributed by atoms with E-state index < -0.39 is 105 Å². The molecule has 0 bridgehead atoms. The molecule has 28 heteroatoms. The van der Waals surface area contributed by atoms with Crippen LogP contribution in [-0.2, 0) is 122 Å². The number of hydrogen-bond acceptors (Lipinski definition) is 16. The number of benzene rings is 8. The van der Waals surface area contributed by atoms with Crippen LogP contribution in [0.2, 0.25) is 0 Å². The summed E-state index contributed by atoms with van der Waals surface area (Å²) in [6, 6.07) is 43.4. The standard InChI is InChI=1S/4C22H22FIO4S/c4*1-2-28-21(25)18-11-12-22(29(26,27)17-7-4-15(23)5-8-17)19-10-6-16(24)13-14(19)3-9-20(18)22/h4*4-8,10,13,18,20H,2-3,9,11-12H2,1H3/t2*18-,20+,22-;2*18-,20-,22+/m1010/s1. The second-order valence-corrected chi connectivity index (χ2v) is 44.6. The molecule has 616 valence electrons. The molecule has 0 heterocycles. The highest BCUT2D eigenvalue weighted by Crippen LogP contribution is 2.64. The van der Waals surface area contributed by atoms with Gasteiger partial charge in [-0.2, -0.15) is 0 Å². The van der Waals surface area contributed by atoms with Gasteiger partial charge in [0, 0.05) is 14.3 Å². The van der Waals surface area contributed by atoms with Gasteiger partial charge in [-0.05, 0) is 435 Å². The zero-order chi connectivity index (χ0) is 83.2. The summed E-state index contributed by atoms with van der Waals surface area (Å²) in [5, 5.41) is 0. The molecule has 0 aliphatic heterocycles. The van der Waals surface area contributed by atoms with Crippen molar-refractivity contribution in [3.05, 3.63) is 252 Å². The van der Waals surface area contributed by atoms with Crippen molar-refractivity contribution in [2.75, 3.05) is 26.4 Å². The largest absolute Gasteiger partial charge is 0.466 e. The summed E-state index contributed by atoms with van der Waals surface area (Å²) in [7, 11) is -15.4. The number of rotatable bonds is 16. The summed E-state index contributed by atoms with van der Waals surface area (Å²) < 4.78 is 186. The Labute approximate surface area is 730 Å². The van der Waals surface area contributed by atoms with E-state index in [4.69, 9.17) is 18.9 Å². The number of esters is 4. The molecule has 12 atom stereocenters. The predicted octanol–water partition coefficient (Wildman–Crippen LogP) is 18.5. The first-order valence-corrected chi connectivity index (χ1v) is 49.3. The Morgan fingerprint density at radius 3 is 0.655 bits per heavy atom. The highest BCUT2D eigenvalue weighted by Gasteiger charge is 2.66. The van der Waals surface area contributed by atoms with Crippen LogP contribution < -0.4 is 0 Å². The van der Waals surface area contributed by atoms with Crippen LogP contribution in [0.5, 0.6) is 0 Å². The molecule has 16 rings (SSSR count). The Morgan fingerprint density at radius 2 is 0.483 bits per heavy atom. The highest BCUT2D eigenvalue weighted by molar-refractivity contribution is 14.1. The highest BCUT2D eigenvalue weighted by atomic mass is 127. The number of aryl methyl sites for hydroxylation is 4. The van der Waals surface area contributed by atoms with Gasteiger partial charge >= 0.3 is 23.9 Å². The maximum atomic E-state index is 14.0. The van der Waals surface area contributed by atoms with Crippen LogP contribution in [-0.4, -0.2) is 84.0 Å².